The molecule has 0 spiro atoms. The third kappa shape index (κ3) is 2.70. The Morgan fingerprint density at radius 3 is 2.30 bits per heavy atom. The van der Waals surface area contributed by atoms with E-state index in [1.807, 2.05) is 24.3 Å². The molecular formula is C18H22O2. The molecule has 0 aliphatic carbocycles. The van der Waals surface area contributed by atoms with Crippen molar-refractivity contribution in [3.63, 3.8) is 0 Å². The largest absolute Gasteiger partial charge is 0.496 e. The van der Waals surface area contributed by atoms with Gasteiger partial charge in [-0.25, -0.2) is 0 Å². The summed E-state index contributed by atoms with van der Waals surface area (Å²) in [6.45, 7) is 6.59. The summed E-state index contributed by atoms with van der Waals surface area (Å²) in [6.07, 6.45) is 0. The fraction of sp³-hybridized carbons (Fsp3) is 0.333. The van der Waals surface area contributed by atoms with Crippen LogP contribution in [0.2, 0.25) is 0 Å². The first-order valence-corrected chi connectivity index (χ1v) is 6.85. The van der Waals surface area contributed by atoms with Crippen LogP contribution in [0.3, 0.4) is 0 Å². The lowest BCUT2D eigenvalue weighted by atomic mass is 9.81. The van der Waals surface area contributed by atoms with Crippen molar-refractivity contribution < 1.29 is 9.84 Å². The summed E-state index contributed by atoms with van der Waals surface area (Å²) in [5.74, 6) is 0.799. The first kappa shape index (κ1) is 14.6. The van der Waals surface area contributed by atoms with Gasteiger partial charge in [-0.2, -0.15) is 0 Å². The highest BCUT2D eigenvalue weighted by Crippen LogP contribution is 2.39. The molecule has 0 bridgehead atoms. The number of methoxy groups -OCH3 is 1. The van der Waals surface area contributed by atoms with Gasteiger partial charge in [-0.05, 0) is 28.2 Å². The maximum Gasteiger partial charge on any atom is 0.127 e. The molecule has 2 rings (SSSR count). The first-order chi connectivity index (χ1) is 9.49. The zero-order chi connectivity index (χ0) is 14.8. The Bertz CT molecular complexity index is 572. The van der Waals surface area contributed by atoms with Gasteiger partial charge in [-0.15, -0.1) is 0 Å². The van der Waals surface area contributed by atoms with Crippen molar-refractivity contribution in [2.75, 3.05) is 7.11 Å². The molecule has 2 nitrogen and oxygen atoms in total. The van der Waals surface area contributed by atoms with Crippen LogP contribution in [0.25, 0.3) is 11.1 Å². The second kappa shape index (κ2) is 5.68. The van der Waals surface area contributed by atoms with Crippen LogP contribution in [0.15, 0.2) is 42.5 Å². The van der Waals surface area contributed by atoms with Crippen LogP contribution in [-0.4, -0.2) is 12.2 Å². The molecule has 0 aliphatic heterocycles. The Hall–Kier alpha value is -1.80. The van der Waals surface area contributed by atoms with Crippen molar-refractivity contribution in [3.05, 3.63) is 53.6 Å². The lowest BCUT2D eigenvalue weighted by Crippen LogP contribution is -2.13. The van der Waals surface area contributed by atoms with Crippen molar-refractivity contribution in [3.8, 4) is 16.9 Å². The van der Waals surface area contributed by atoms with Gasteiger partial charge in [-0.1, -0.05) is 57.2 Å². The van der Waals surface area contributed by atoms with E-state index in [9.17, 15) is 5.11 Å². The summed E-state index contributed by atoms with van der Waals surface area (Å²) in [4.78, 5) is 0. The molecule has 0 amide bonds. The van der Waals surface area contributed by atoms with E-state index >= 15 is 0 Å². The fourth-order valence-electron chi connectivity index (χ4n) is 2.54. The average molecular weight is 270 g/mol. The number of aliphatic hydroxyl groups excluding tert-OH is 1. The van der Waals surface area contributed by atoms with E-state index in [2.05, 4.69) is 39.0 Å². The zero-order valence-electron chi connectivity index (χ0n) is 12.6. The Labute approximate surface area is 121 Å². The van der Waals surface area contributed by atoms with Gasteiger partial charge in [0.15, 0.2) is 0 Å². The lowest BCUT2D eigenvalue weighted by molar-refractivity contribution is 0.281. The minimum atomic E-state index is 0.00497. The van der Waals surface area contributed by atoms with Crippen molar-refractivity contribution >= 4 is 0 Å². The molecule has 2 aromatic carbocycles. The predicted octanol–water partition coefficient (Wildman–Crippen LogP) is 4.15. The van der Waals surface area contributed by atoms with Gasteiger partial charge in [0.1, 0.15) is 5.75 Å². The summed E-state index contributed by atoms with van der Waals surface area (Å²) in [5, 5.41) is 9.64. The summed E-state index contributed by atoms with van der Waals surface area (Å²) in [6, 6.07) is 14.1. The van der Waals surface area contributed by atoms with Crippen molar-refractivity contribution in [1.29, 1.82) is 0 Å². The van der Waals surface area contributed by atoms with Crippen LogP contribution in [0.4, 0.5) is 0 Å². The number of ether oxygens (including phenoxy) is 1. The second-order valence-corrected chi connectivity index (χ2v) is 5.95. The first-order valence-electron chi connectivity index (χ1n) is 6.85. The van der Waals surface area contributed by atoms with Gasteiger partial charge in [0.2, 0.25) is 0 Å². The minimum absolute atomic E-state index is 0.00497. The average Bonchev–Trinajstić information content (AvgIpc) is 2.45. The van der Waals surface area contributed by atoms with Gasteiger partial charge in [0, 0.05) is 5.56 Å². The Morgan fingerprint density at radius 2 is 1.70 bits per heavy atom. The number of benzene rings is 2. The normalized spacial score (nSPS) is 11.4. The highest BCUT2D eigenvalue weighted by Gasteiger charge is 2.21. The SMILES string of the molecule is COc1cccc(CO)c1-c1ccccc1C(C)(C)C. The van der Waals surface area contributed by atoms with E-state index < -0.39 is 0 Å². The fourth-order valence-corrected chi connectivity index (χ4v) is 2.54. The van der Waals surface area contributed by atoms with Gasteiger partial charge in [0.25, 0.3) is 0 Å². The molecule has 0 atom stereocenters. The van der Waals surface area contributed by atoms with Crippen LogP contribution in [0.1, 0.15) is 31.9 Å². The number of aliphatic hydroxyl groups is 1. The zero-order valence-corrected chi connectivity index (χ0v) is 12.6. The highest BCUT2D eigenvalue weighted by atomic mass is 16.5. The molecule has 2 aromatic rings. The molecule has 1 N–H and O–H groups in total. The van der Waals surface area contributed by atoms with E-state index in [0.717, 1.165) is 22.4 Å². The molecule has 106 valence electrons. The lowest BCUT2D eigenvalue weighted by Gasteiger charge is -2.24. The molecule has 2 heteroatoms. The second-order valence-electron chi connectivity index (χ2n) is 5.95. The van der Waals surface area contributed by atoms with E-state index in [0.29, 0.717) is 0 Å². The number of rotatable bonds is 3. The maximum absolute atomic E-state index is 9.64. The monoisotopic (exact) mass is 270 g/mol. The van der Waals surface area contributed by atoms with E-state index in [-0.39, 0.29) is 12.0 Å². The molecule has 0 aliphatic rings. The molecule has 0 saturated heterocycles. The molecule has 0 radical (unpaired) electrons. The minimum Gasteiger partial charge on any atom is -0.496 e. The van der Waals surface area contributed by atoms with E-state index in [1.165, 1.54) is 5.56 Å². The highest BCUT2D eigenvalue weighted by molar-refractivity contribution is 5.77. The quantitative estimate of drug-likeness (QED) is 0.907. The van der Waals surface area contributed by atoms with Crippen LogP contribution in [-0.2, 0) is 12.0 Å². The third-order valence-electron chi connectivity index (χ3n) is 3.51. The van der Waals surface area contributed by atoms with Crippen LogP contribution >= 0.6 is 0 Å². The van der Waals surface area contributed by atoms with E-state index in [1.54, 1.807) is 7.11 Å². The van der Waals surface area contributed by atoms with Gasteiger partial charge in [0.05, 0.1) is 13.7 Å². The molecule has 0 fully saturated rings. The third-order valence-corrected chi connectivity index (χ3v) is 3.51. The predicted molar refractivity (Wildman–Crippen MR) is 83.1 cm³/mol. The number of hydrogen-bond donors (Lipinski definition) is 1. The van der Waals surface area contributed by atoms with Gasteiger partial charge >= 0.3 is 0 Å². The van der Waals surface area contributed by atoms with Crippen LogP contribution in [0.5, 0.6) is 5.75 Å². The van der Waals surface area contributed by atoms with Gasteiger partial charge in [-0.3, -0.25) is 0 Å². The molecule has 0 unspecified atom stereocenters. The van der Waals surface area contributed by atoms with Crippen LogP contribution in [0, 0.1) is 0 Å². The molecule has 0 heterocycles. The van der Waals surface area contributed by atoms with Crippen molar-refractivity contribution in [2.45, 2.75) is 32.8 Å². The summed E-state index contributed by atoms with van der Waals surface area (Å²) in [7, 11) is 1.67. The Kier molecular flexibility index (Phi) is 4.15. The summed E-state index contributed by atoms with van der Waals surface area (Å²) in [5.41, 5.74) is 4.29. The Morgan fingerprint density at radius 1 is 1.00 bits per heavy atom. The van der Waals surface area contributed by atoms with Crippen LogP contribution < -0.4 is 4.74 Å². The van der Waals surface area contributed by atoms with Crippen molar-refractivity contribution in [2.24, 2.45) is 0 Å². The smallest absolute Gasteiger partial charge is 0.127 e. The van der Waals surface area contributed by atoms with E-state index in [4.69, 9.17) is 4.74 Å². The standard InChI is InChI=1S/C18H22O2/c1-18(2,3)15-10-6-5-9-14(15)17-13(12-19)8-7-11-16(17)20-4/h5-11,19H,12H2,1-4H3. The summed E-state index contributed by atoms with van der Waals surface area (Å²) >= 11 is 0. The topological polar surface area (TPSA) is 29.5 Å². The molecule has 20 heavy (non-hydrogen) atoms. The molecule has 0 aromatic heterocycles. The molecule has 0 saturated carbocycles. The number of hydrogen-bond acceptors (Lipinski definition) is 2. The Balaban J connectivity index is 2.75. The maximum atomic E-state index is 9.64. The molecular weight excluding hydrogens is 248 g/mol. The summed E-state index contributed by atoms with van der Waals surface area (Å²) < 4.78 is 5.50. The van der Waals surface area contributed by atoms with Crippen molar-refractivity contribution in [1.82, 2.24) is 0 Å². The van der Waals surface area contributed by atoms with Gasteiger partial charge < -0.3 is 9.84 Å².